The molecule has 0 aromatic rings. The average Bonchev–Trinajstić information content (AvgIpc) is 2.91. The van der Waals surface area contributed by atoms with Gasteiger partial charge in [-0.05, 0) is 30.9 Å². The largest absolute Gasteiger partial charge is 0.385 e. The maximum absolute atomic E-state index is 5.11. The first-order valence-corrected chi connectivity index (χ1v) is 6.41. The van der Waals surface area contributed by atoms with Crippen molar-refractivity contribution in [2.75, 3.05) is 38.8 Å². The topological polar surface area (TPSA) is 21.3 Å². The van der Waals surface area contributed by atoms with Crippen LogP contribution in [-0.4, -0.2) is 38.8 Å². The van der Waals surface area contributed by atoms with Crippen molar-refractivity contribution in [1.29, 1.82) is 0 Å². The zero-order valence-corrected chi connectivity index (χ0v) is 9.58. The summed E-state index contributed by atoms with van der Waals surface area (Å²) < 4.78 is 5.11. The van der Waals surface area contributed by atoms with E-state index in [0.717, 1.165) is 13.2 Å². The van der Waals surface area contributed by atoms with Crippen LogP contribution in [0.3, 0.4) is 0 Å². The summed E-state index contributed by atoms with van der Waals surface area (Å²) in [5.74, 6) is 1.22. The molecule has 1 N–H and O–H groups in total. The molecule has 1 fully saturated rings. The van der Waals surface area contributed by atoms with E-state index < -0.39 is 0 Å². The van der Waals surface area contributed by atoms with Gasteiger partial charge in [-0.25, -0.2) is 0 Å². The first-order chi connectivity index (χ1) is 6.33. The Morgan fingerprint density at radius 2 is 2.23 bits per heavy atom. The smallest absolute Gasteiger partial charge is 0.0468 e. The van der Waals surface area contributed by atoms with E-state index in [2.05, 4.69) is 11.6 Å². The van der Waals surface area contributed by atoms with E-state index in [1.54, 1.807) is 7.11 Å². The number of hydrogen-bond acceptors (Lipinski definition) is 3. The van der Waals surface area contributed by atoms with Crippen LogP contribution in [0.1, 0.15) is 19.3 Å². The van der Waals surface area contributed by atoms with Gasteiger partial charge in [0.2, 0.25) is 0 Å². The Morgan fingerprint density at radius 3 is 2.77 bits per heavy atom. The lowest BCUT2D eigenvalue weighted by molar-refractivity contribution is 0.171. The minimum absolute atomic E-state index is 0.606. The standard InChI is InChI=1S/C10H21NOS/c1-12-7-5-10(3-4-10)9-11-6-8-13-2/h11H,3-9H2,1-2H3. The molecule has 1 saturated carbocycles. The van der Waals surface area contributed by atoms with Crippen LogP contribution in [0.4, 0.5) is 0 Å². The summed E-state index contributed by atoms with van der Waals surface area (Å²) in [6.07, 6.45) is 6.17. The third-order valence-electron chi connectivity index (χ3n) is 2.78. The first-order valence-electron chi connectivity index (χ1n) is 5.02. The second kappa shape index (κ2) is 5.89. The molecule has 3 heteroatoms. The molecule has 2 nitrogen and oxygen atoms in total. The quantitative estimate of drug-likeness (QED) is 0.607. The van der Waals surface area contributed by atoms with E-state index in [1.165, 1.54) is 31.6 Å². The molecule has 0 aliphatic heterocycles. The van der Waals surface area contributed by atoms with Crippen molar-refractivity contribution in [2.24, 2.45) is 5.41 Å². The maximum Gasteiger partial charge on any atom is 0.0468 e. The highest BCUT2D eigenvalue weighted by Crippen LogP contribution is 2.48. The maximum atomic E-state index is 5.11. The normalized spacial score (nSPS) is 18.9. The predicted molar refractivity (Wildman–Crippen MR) is 59.4 cm³/mol. The van der Waals surface area contributed by atoms with Gasteiger partial charge in [-0.15, -0.1) is 0 Å². The molecule has 0 amide bonds. The summed E-state index contributed by atoms with van der Waals surface area (Å²) >= 11 is 1.90. The van der Waals surface area contributed by atoms with Crippen LogP contribution in [-0.2, 0) is 4.74 Å². The van der Waals surface area contributed by atoms with Gasteiger partial charge in [0, 0.05) is 32.6 Å². The molecule has 78 valence electrons. The lowest BCUT2D eigenvalue weighted by atomic mass is 10.0. The van der Waals surface area contributed by atoms with Crippen LogP contribution < -0.4 is 5.32 Å². The van der Waals surface area contributed by atoms with Crippen LogP contribution in [0.15, 0.2) is 0 Å². The van der Waals surface area contributed by atoms with E-state index in [0.29, 0.717) is 5.41 Å². The molecule has 0 heterocycles. The molecule has 0 unspecified atom stereocenters. The zero-order chi connectivity index (χ0) is 9.57. The summed E-state index contributed by atoms with van der Waals surface area (Å²) in [4.78, 5) is 0. The lowest BCUT2D eigenvalue weighted by Gasteiger charge is -2.14. The Bertz CT molecular complexity index is 137. The Hall–Kier alpha value is 0.270. The minimum atomic E-state index is 0.606. The number of rotatable bonds is 8. The van der Waals surface area contributed by atoms with E-state index in [9.17, 15) is 0 Å². The second-order valence-electron chi connectivity index (χ2n) is 3.91. The van der Waals surface area contributed by atoms with Crippen molar-refractivity contribution in [3.63, 3.8) is 0 Å². The Labute approximate surface area is 85.8 Å². The van der Waals surface area contributed by atoms with Crippen LogP contribution >= 0.6 is 11.8 Å². The first kappa shape index (κ1) is 11.3. The molecule has 0 radical (unpaired) electrons. The Morgan fingerprint density at radius 1 is 1.46 bits per heavy atom. The molecular formula is C10H21NOS. The van der Waals surface area contributed by atoms with Crippen molar-refractivity contribution in [1.82, 2.24) is 5.32 Å². The van der Waals surface area contributed by atoms with Gasteiger partial charge in [0.25, 0.3) is 0 Å². The molecule has 13 heavy (non-hydrogen) atoms. The van der Waals surface area contributed by atoms with E-state index in [4.69, 9.17) is 4.74 Å². The number of ether oxygens (including phenoxy) is 1. The molecule has 0 aromatic heterocycles. The van der Waals surface area contributed by atoms with Crippen molar-refractivity contribution < 1.29 is 4.74 Å². The molecule has 0 saturated heterocycles. The molecular weight excluding hydrogens is 182 g/mol. The van der Waals surface area contributed by atoms with Gasteiger partial charge in [0.1, 0.15) is 0 Å². The highest BCUT2D eigenvalue weighted by atomic mass is 32.2. The van der Waals surface area contributed by atoms with Gasteiger partial charge in [-0.1, -0.05) is 0 Å². The molecule has 1 aliphatic rings. The van der Waals surface area contributed by atoms with Crippen LogP contribution in [0.2, 0.25) is 0 Å². The molecule has 0 spiro atoms. The second-order valence-corrected chi connectivity index (χ2v) is 4.90. The summed E-state index contributed by atoms with van der Waals surface area (Å²) in [5.41, 5.74) is 0.606. The summed E-state index contributed by atoms with van der Waals surface area (Å²) in [5, 5.41) is 3.52. The number of hydrogen-bond donors (Lipinski definition) is 1. The molecule has 0 bridgehead atoms. The third kappa shape index (κ3) is 4.34. The van der Waals surface area contributed by atoms with Crippen LogP contribution in [0.5, 0.6) is 0 Å². The van der Waals surface area contributed by atoms with Crippen molar-refractivity contribution in [3.8, 4) is 0 Å². The van der Waals surface area contributed by atoms with Gasteiger partial charge in [0.05, 0.1) is 0 Å². The van der Waals surface area contributed by atoms with Gasteiger partial charge in [-0.2, -0.15) is 11.8 Å². The lowest BCUT2D eigenvalue weighted by Crippen LogP contribution is -2.26. The highest BCUT2D eigenvalue weighted by molar-refractivity contribution is 7.98. The number of thioether (sulfide) groups is 1. The monoisotopic (exact) mass is 203 g/mol. The van der Waals surface area contributed by atoms with Crippen LogP contribution in [0.25, 0.3) is 0 Å². The Kier molecular flexibility index (Phi) is 5.14. The average molecular weight is 203 g/mol. The number of methoxy groups -OCH3 is 1. The van der Waals surface area contributed by atoms with Gasteiger partial charge >= 0.3 is 0 Å². The third-order valence-corrected chi connectivity index (χ3v) is 3.39. The predicted octanol–water partition coefficient (Wildman–Crippen LogP) is 1.76. The summed E-state index contributed by atoms with van der Waals surface area (Å²) in [6.45, 7) is 3.26. The number of nitrogens with one attached hydrogen (secondary N) is 1. The minimum Gasteiger partial charge on any atom is -0.385 e. The van der Waals surface area contributed by atoms with Crippen molar-refractivity contribution >= 4 is 11.8 Å². The van der Waals surface area contributed by atoms with Gasteiger partial charge in [-0.3, -0.25) is 0 Å². The fraction of sp³-hybridized carbons (Fsp3) is 1.00. The SMILES string of the molecule is COCCC1(CNCCSC)CC1. The van der Waals surface area contributed by atoms with E-state index in [1.807, 2.05) is 11.8 Å². The Balaban J connectivity index is 1.99. The van der Waals surface area contributed by atoms with Gasteiger partial charge in [0.15, 0.2) is 0 Å². The van der Waals surface area contributed by atoms with Crippen LogP contribution in [0, 0.1) is 5.41 Å². The molecule has 0 aromatic carbocycles. The fourth-order valence-electron chi connectivity index (χ4n) is 1.54. The fourth-order valence-corrected chi connectivity index (χ4v) is 1.89. The molecule has 1 rings (SSSR count). The zero-order valence-electron chi connectivity index (χ0n) is 8.77. The van der Waals surface area contributed by atoms with Crippen molar-refractivity contribution in [3.05, 3.63) is 0 Å². The van der Waals surface area contributed by atoms with E-state index >= 15 is 0 Å². The summed E-state index contributed by atoms with van der Waals surface area (Å²) in [7, 11) is 1.79. The molecule has 1 aliphatic carbocycles. The summed E-state index contributed by atoms with van der Waals surface area (Å²) in [6, 6.07) is 0. The van der Waals surface area contributed by atoms with Gasteiger partial charge < -0.3 is 10.1 Å². The highest BCUT2D eigenvalue weighted by Gasteiger charge is 2.41. The molecule has 0 atom stereocenters. The van der Waals surface area contributed by atoms with Crippen molar-refractivity contribution in [2.45, 2.75) is 19.3 Å². The van der Waals surface area contributed by atoms with E-state index in [-0.39, 0.29) is 0 Å².